The maximum absolute atomic E-state index is 11.0. The molecule has 1 amide bonds. The van der Waals surface area contributed by atoms with Crippen molar-refractivity contribution >= 4 is 5.91 Å². The Morgan fingerprint density at radius 3 is 2.71 bits per heavy atom. The number of hydrogen-bond donors (Lipinski definition) is 2. The molecule has 1 aliphatic rings. The summed E-state index contributed by atoms with van der Waals surface area (Å²) in [5.74, 6) is 0.388. The Hall–Kier alpha value is -0.610. The van der Waals surface area contributed by atoms with Gasteiger partial charge in [-0.05, 0) is 25.3 Å². The van der Waals surface area contributed by atoms with Crippen molar-refractivity contribution in [2.45, 2.75) is 31.7 Å². The maximum atomic E-state index is 11.0. The summed E-state index contributed by atoms with van der Waals surface area (Å²) in [5, 5.41) is 3.16. The topological polar surface area (TPSA) is 64.3 Å². The van der Waals surface area contributed by atoms with Crippen molar-refractivity contribution in [2.24, 2.45) is 11.7 Å². The molecule has 1 aliphatic carbocycles. The molecule has 14 heavy (non-hydrogen) atoms. The normalized spacial score (nSPS) is 19.8. The minimum Gasteiger partial charge on any atom is -0.383 e. The Morgan fingerprint density at radius 2 is 2.21 bits per heavy atom. The van der Waals surface area contributed by atoms with E-state index in [2.05, 4.69) is 5.32 Å². The quantitative estimate of drug-likeness (QED) is 0.646. The zero-order valence-electron chi connectivity index (χ0n) is 8.79. The first-order chi connectivity index (χ1) is 6.74. The van der Waals surface area contributed by atoms with Crippen LogP contribution < -0.4 is 11.1 Å². The summed E-state index contributed by atoms with van der Waals surface area (Å²) in [7, 11) is 1.58. The number of carbonyl (C=O) groups excluding carboxylic acids is 1. The van der Waals surface area contributed by atoms with Gasteiger partial charge in [0, 0.05) is 7.11 Å². The molecule has 0 aromatic carbocycles. The van der Waals surface area contributed by atoms with Gasteiger partial charge in [0.15, 0.2) is 0 Å². The minimum atomic E-state index is -0.333. The van der Waals surface area contributed by atoms with Crippen LogP contribution in [0.4, 0.5) is 0 Å². The van der Waals surface area contributed by atoms with E-state index in [4.69, 9.17) is 10.5 Å². The van der Waals surface area contributed by atoms with Gasteiger partial charge < -0.3 is 15.8 Å². The van der Waals surface area contributed by atoms with Gasteiger partial charge in [-0.1, -0.05) is 12.8 Å². The van der Waals surface area contributed by atoms with Gasteiger partial charge in [0.25, 0.3) is 0 Å². The Labute approximate surface area is 85.2 Å². The van der Waals surface area contributed by atoms with E-state index in [1.807, 2.05) is 0 Å². The molecule has 4 heteroatoms. The molecule has 0 aliphatic heterocycles. The third-order valence-electron chi connectivity index (χ3n) is 2.80. The van der Waals surface area contributed by atoms with Gasteiger partial charge in [-0.15, -0.1) is 0 Å². The summed E-state index contributed by atoms with van der Waals surface area (Å²) in [6, 6.07) is -0.333. The molecule has 0 radical (unpaired) electrons. The minimum absolute atomic E-state index is 0.329. The molecule has 4 nitrogen and oxygen atoms in total. The van der Waals surface area contributed by atoms with E-state index in [0.29, 0.717) is 12.5 Å². The van der Waals surface area contributed by atoms with Crippen molar-refractivity contribution in [1.29, 1.82) is 0 Å². The van der Waals surface area contributed by atoms with Gasteiger partial charge in [-0.3, -0.25) is 4.79 Å². The number of primary amides is 1. The predicted octanol–water partition coefficient (Wildman–Crippen LogP) is 0.267. The van der Waals surface area contributed by atoms with Crippen molar-refractivity contribution in [3.63, 3.8) is 0 Å². The van der Waals surface area contributed by atoms with E-state index >= 15 is 0 Å². The van der Waals surface area contributed by atoms with Gasteiger partial charge in [0.05, 0.1) is 6.61 Å². The number of carbonyl (C=O) groups is 1. The standard InChI is InChI=1S/C10H20N2O2/c1-14-7-9(10(11)13)12-6-8-4-2-3-5-8/h8-9,12H,2-7H2,1H3,(H2,11,13). The van der Waals surface area contributed by atoms with Crippen LogP contribution in [-0.2, 0) is 9.53 Å². The zero-order valence-corrected chi connectivity index (χ0v) is 8.79. The number of hydrogen-bond acceptors (Lipinski definition) is 3. The van der Waals surface area contributed by atoms with Gasteiger partial charge in [-0.25, -0.2) is 0 Å². The molecule has 0 aromatic heterocycles. The molecular weight excluding hydrogens is 180 g/mol. The van der Waals surface area contributed by atoms with Crippen molar-refractivity contribution in [1.82, 2.24) is 5.32 Å². The molecule has 0 aromatic rings. The highest BCUT2D eigenvalue weighted by Gasteiger charge is 2.19. The molecule has 1 rings (SSSR count). The molecule has 0 bridgehead atoms. The van der Waals surface area contributed by atoms with E-state index in [-0.39, 0.29) is 11.9 Å². The van der Waals surface area contributed by atoms with E-state index in [9.17, 15) is 4.79 Å². The lowest BCUT2D eigenvalue weighted by atomic mass is 10.1. The second kappa shape index (κ2) is 5.98. The van der Waals surface area contributed by atoms with Crippen LogP contribution >= 0.6 is 0 Å². The first kappa shape index (κ1) is 11.5. The number of rotatable bonds is 6. The van der Waals surface area contributed by atoms with Crippen LogP contribution in [0.2, 0.25) is 0 Å². The fourth-order valence-corrected chi connectivity index (χ4v) is 1.93. The highest BCUT2D eigenvalue weighted by Crippen LogP contribution is 2.23. The molecule has 1 fully saturated rings. The molecular formula is C10H20N2O2. The molecule has 1 saturated carbocycles. The Kier molecular flexibility index (Phi) is 4.90. The largest absolute Gasteiger partial charge is 0.383 e. The highest BCUT2D eigenvalue weighted by atomic mass is 16.5. The maximum Gasteiger partial charge on any atom is 0.236 e. The third-order valence-corrected chi connectivity index (χ3v) is 2.80. The summed E-state index contributed by atoms with van der Waals surface area (Å²) in [4.78, 5) is 11.0. The van der Waals surface area contributed by atoms with Crippen LogP contribution in [0.3, 0.4) is 0 Å². The summed E-state index contributed by atoms with van der Waals surface area (Å²) >= 11 is 0. The molecule has 0 saturated heterocycles. The van der Waals surface area contributed by atoms with Crippen LogP contribution in [0, 0.1) is 5.92 Å². The monoisotopic (exact) mass is 200 g/mol. The molecule has 82 valence electrons. The number of methoxy groups -OCH3 is 1. The zero-order chi connectivity index (χ0) is 10.4. The van der Waals surface area contributed by atoms with E-state index in [1.165, 1.54) is 25.7 Å². The summed E-state index contributed by atoms with van der Waals surface area (Å²) < 4.78 is 4.92. The summed E-state index contributed by atoms with van der Waals surface area (Å²) in [6.07, 6.45) is 5.17. The van der Waals surface area contributed by atoms with E-state index in [1.54, 1.807) is 7.11 Å². The number of nitrogens with two attached hydrogens (primary N) is 1. The van der Waals surface area contributed by atoms with Crippen LogP contribution in [0.25, 0.3) is 0 Å². The average molecular weight is 200 g/mol. The first-order valence-corrected chi connectivity index (χ1v) is 5.25. The van der Waals surface area contributed by atoms with Gasteiger partial charge in [0.1, 0.15) is 6.04 Å². The Balaban J connectivity index is 2.21. The fourth-order valence-electron chi connectivity index (χ4n) is 1.93. The number of amides is 1. The second-order valence-corrected chi connectivity index (χ2v) is 3.97. The summed E-state index contributed by atoms with van der Waals surface area (Å²) in [6.45, 7) is 1.25. The molecule has 1 atom stereocenters. The predicted molar refractivity (Wildman–Crippen MR) is 54.8 cm³/mol. The van der Waals surface area contributed by atoms with Gasteiger partial charge >= 0.3 is 0 Å². The lowest BCUT2D eigenvalue weighted by molar-refractivity contribution is -0.121. The van der Waals surface area contributed by atoms with Crippen molar-refractivity contribution in [2.75, 3.05) is 20.3 Å². The SMILES string of the molecule is COCC(NCC1CCCC1)C(N)=O. The number of nitrogens with one attached hydrogen (secondary N) is 1. The second-order valence-electron chi connectivity index (χ2n) is 3.97. The molecule has 0 heterocycles. The Bertz CT molecular complexity index is 179. The molecule has 3 N–H and O–H groups in total. The van der Waals surface area contributed by atoms with E-state index in [0.717, 1.165) is 6.54 Å². The van der Waals surface area contributed by atoms with Crippen molar-refractivity contribution in [3.05, 3.63) is 0 Å². The average Bonchev–Trinajstić information content (AvgIpc) is 2.64. The fraction of sp³-hybridized carbons (Fsp3) is 0.900. The van der Waals surface area contributed by atoms with Gasteiger partial charge in [-0.2, -0.15) is 0 Å². The van der Waals surface area contributed by atoms with Crippen LogP contribution in [0.1, 0.15) is 25.7 Å². The molecule has 0 spiro atoms. The molecule has 1 unspecified atom stereocenters. The lowest BCUT2D eigenvalue weighted by Gasteiger charge is -2.17. The highest BCUT2D eigenvalue weighted by molar-refractivity contribution is 5.79. The Morgan fingerprint density at radius 1 is 1.57 bits per heavy atom. The number of ether oxygens (including phenoxy) is 1. The third kappa shape index (κ3) is 3.64. The first-order valence-electron chi connectivity index (χ1n) is 5.25. The summed E-state index contributed by atoms with van der Waals surface area (Å²) in [5.41, 5.74) is 5.23. The smallest absolute Gasteiger partial charge is 0.236 e. The van der Waals surface area contributed by atoms with E-state index < -0.39 is 0 Å². The van der Waals surface area contributed by atoms with Crippen molar-refractivity contribution in [3.8, 4) is 0 Å². The lowest BCUT2D eigenvalue weighted by Crippen LogP contribution is -2.45. The van der Waals surface area contributed by atoms with Crippen LogP contribution in [0.5, 0.6) is 0 Å². The van der Waals surface area contributed by atoms with Crippen LogP contribution in [-0.4, -0.2) is 32.2 Å². The van der Waals surface area contributed by atoms with Crippen LogP contribution in [0.15, 0.2) is 0 Å². The van der Waals surface area contributed by atoms with Crippen molar-refractivity contribution < 1.29 is 9.53 Å². The van der Waals surface area contributed by atoms with Gasteiger partial charge in [0.2, 0.25) is 5.91 Å².